The van der Waals surface area contributed by atoms with Crippen molar-refractivity contribution in [3.63, 3.8) is 0 Å². The Morgan fingerprint density at radius 3 is 2.88 bits per heavy atom. The number of carboxylic acids is 1. The summed E-state index contributed by atoms with van der Waals surface area (Å²) in [4.78, 5) is 10.3. The normalized spacial score (nSPS) is 10.1. The van der Waals surface area contributed by atoms with E-state index in [2.05, 4.69) is 5.32 Å². The van der Waals surface area contributed by atoms with Crippen molar-refractivity contribution < 1.29 is 9.90 Å². The molecule has 0 aliphatic heterocycles. The fourth-order valence-corrected chi connectivity index (χ4v) is 1.58. The van der Waals surface area contributed by atoms with Crippen LogP contribution in [0.25, 0.3) is 0 Å². The molecule has 16 heavy (non-hydrogen) atoms. The second-order valence-electron chi connectivity index (χ2n) is 3.74. The van der Waals surface area contributed by atoms with Gasteiger partial charge in [-0.2, -0.15) is 0 Å². The van der Waals surface area contributed by atoms with E-state index in [1.807, 2.05) is 25.1 Å². The summed E-state index contributed by atoms with van der Waals surface area (Å²) < 4.78 is 0. The molecule has 88 valence electrons. The average Bonchev–Trinajstić information content (AvgIpc) is 2.22. The molecule has 2 N–H and O–H groups in total. The van der Waals surface area contributed by atoms with E-state index in [9.17, 15) is 4.79 Å². The van der Waals surface area contributed by atoms with E-state index in [4.69, 9.17) is 16.7 Å². The molecule has 0 saturated carbocycles. The van der Waals surface area contributed by atoms with Crippen LogP contribution in [0.1, 0.15) is 24.8 Å². The van der Waals surface area contributed by atoms with Gasteiger partial charge in [0, 0.05) is 23.7 Å². The minimum absolute atomic E-state index is 0.232. The highest BCUT2D eigenvalue weighted by Gasteiger charge is 1.99. The van der Waals surface area contributed by atoms with E-state index in [1.54, 1.807) is 0 Å². The van der Waals surface area contributed by atoms with Crippen LogP contribution in [0, 0.1) is 6.92 Å². The molecule has 0 aliphatic rings. The minimum atomic E-state index is -0.737. The molecular formula is C12H16ClNO2. The lowest BCUT2D eigenvalue weighted by atomic mass is 10.2. The van der Waals surface area contributed by atoms with E-state index in [0.29, 0.717) is 11.4 Å². The fraction of sp³-hybridized carbons (Fsp3) is 0.417. The van der Waals surface area contributed by atoms with Crippen LogP contribution in [0.15, 0.2) is 18.2 Å². The molecule has 0 radical (unpaired) electrons. The topological polar surface area (TPSA) is 49.3 Å². The van der Waals surface area contributed by atoms with Crippen LogP contribution < -0.4 is 5.32 Å². The monoisotopic (exact) mass is 241 g/mol. The Labute approximate surface area is 100 Å². The number of halogens is 1. The number of carbonyl (C=O) groups is 1. The SMILES string of the molecule is Cc1ccc(Cl)cc1NCCCCC(=O)O. The summed E-state index contributed by atoms with van der Waals surface area (Å²) in [7, 11) is 0. The van der Waals surface area contributed by atoms with Crippen molar-refractivity contribution in [2.45, 2.75) is 26.2 Å². The van der Waals surface area contributed by atoms with E-state index in [0.717, 1.165) is 24.2 Å². The van der Waals surface area contributed by atoms with Gasteiger partial charge in [-0.25, -0.2) is 0 Å². The maximum absolute atomic E-state index is 10.3. The van der Waals surface area contributed by atoms with Crippen LogP contribution in [-0.2, 0) is 4.79 Å². The van der Waals surface area contributed by atoms with Crippen molar-refractivity contribution in [1.29, 1.82) is 0 Å². The second-order valence-corrected chi connectivity index (χ2v) is 4.17. The first-order valence-electron chi connectivity index (χ1n) is 5.31. The second kappa shape index (κ2) is 6.38. The fourth-order valence-electron chi connectivity index (χ4n) is 1.41. The van der Waals surface area contributed by atoms with Crippen LogP contribution in [-0.4, -0.2) is 17.6 Å². The van der Waals surface area contributed by atoms with Crippen molar-refractivity contribution in [2.75, 3.05) is 11.9 Å². The number of rotatable bonds is 6. The lowest BCUT2D eigenvalue weighted by Crippen LogP contribution is -2.04. The van der Waals surface area contributed by atoms with Crippen LogP contribution in [0.4, 0.5) is 5.69 Å². The van der Waals surface area contributed by atoms with Gasteiger partial charge in [0.15, 0.2) is 0 Å². The van der Waals surface area contributed by atoms with Gasteiger partial charge in [-0.1, -0.05) is 17.7 Å². The summed E-state index contributed by atoms with van der Waals surface area (Å²) in [6.07, 6.45) is 1.77. The predicted octanol–water partition coefficient (Wildman–Crippen LogP) is 3.32. The highest BCUT2D eigenvalue weighted by molar-refractivity contribution is 6.30. The quantitative estimate of drug-likeness (QED) is 0.752. The number of benzene rings is 1. The Hall–Kier alpha value is -1.22. The van der Waals surface area contributed by atoms with E-state index < -0.39 is 5.97 Å². The summed E-state index contributed by atoms with van der Waals surface area (Å²) in [5.74, 6) is -0.737. The molecule has 0 amide bonds. The maximum atomic E-state index is 10.3. The summed E-state index contributed by atoms with van der Waals surface area (Å²) in [5.41, 5.74) is 2.16. The molecule has 0 aliphatic carbocycles. The Kier molecular flexibility index (Phi) is 5.12. The smallest absolute Gasteiger partial charge is 0.303 e. The van der Waals surface area contributed by atoms with Gasteiger partial charge in [-0.05, 0) is 37.5 Å². The number of carboxylic acid groups (broad SMARTS) is 1. The number of aliphatic carboxylic acids is 1. The van der Waals surface area contributed by atoms with Crippen LogP contribution >= 0.6 is 11.6 Å². The Morgan fingerprint density at radius 2 is 2.19 bits per heavy atom. The summed E-state index contributed by atoms with van der Waals surface area (Å²) >= 11 is 5.88. The Balaban J connectivity index is 2.31. The largest absolute Gasteiger partial charge is 0.481 e. The molecule has 0 unspecified atom stereocenters. The van der Waals surface area contributed by atoms with Crippen LogP contribution in [0.2, 0.25) is 5.02 Å². The summed E-state index contributed by atoms with van der Waals surface area (Å²) in [6, 6.07) is 5.70. The van der Waals surface area contributed by atoms with Crippen molar-refractivity contribution in [1.82, 2.24) is 0 Å². The summed E-state index contributed by atoms with van der Waals surface area (Å²) in [5, 5.41) is 12.4. The first kappa shape index (κ1) is 12.8. The van der Waals surface area contributed by atoms with E-state index in [-0.39, 0.29) is 6.42 Å². The highest BCUT2D eigenvalue weighted by Crippen LogP contribution is 2.20. The van der Waals surface area contributed by atoms with Gasteiger partial charge in [0.2, 0.25) is 0 Å². The standard InChI is InChI=1S/C12H16ClNO2/c1-9-5-6-10(13)8-11(9)14-7-3-2-4-12(15)16/h5-6,8,14H,2-4,7H2,1H3,(H,15,16). The number of hydrogen-bond acceptors (Lipinski definition) is 2. The van der Waals surface area contributed by atoms with Crippen LogP contribution in [0.5, 0.6) is 0 Å². The lowest BCUT2D eigenvalue weighted by molar-refractivity contribution is -0.137. The van der Waals surface area contributed by atoms with Gasteiger partial charge in [-0.15, -0.1) is 0 Å². The molecule has 1 aromatic carbocycles. The number of nitrogens with one attached hydrogen (secondary N) is 1. The van der Waals surface area contributed by atoms with Gasteiger partial charge >= 0.3 is 5.97 Å². The maximum Gasteiger partial charge on any atom is 0.303 e. The molecule has 0 fully saturated rings. The number of hydrogen-bond donors (Lipinski definition) is 2. The first-order chi connectivity index (χ1) is 7.59. The van der Waals surface area contributed by atoms with Crippen molar-refractivity contribution in [3.05, 3.63) is 28.8 Å². The average molecular weight is 242 g/mol. The molecule has 3 nitrogen and oxygen atoms in total. The van der Waals surface area contributed by atoms with Gasteiger partial charge in [0.25, 0.3) is 0 Å². The van der Waals surface area contributed by atoms with E-state index >= 15 is 0 Å². The molecule has 4 heteroatoms. The van der Waals surface area contributed by atoms with Crippen molar-refractivity contribution in [3.8, 4) is 0 Å². The Morgan fingerprint density at radius 1 is 1.44 bits per heavy atom. The summed E-state index contributed by atoms with van der Waals surface area (Å²) in [6.45, 7) is 2.78. The van der Waals surface area contributed by atoms with E-state index in [1.165, 1.54) is 0 Å². The molecule has 1 aromatic rings. The molecule has 1 rings (SSSR count). The van der Waals surface area contributed by atoms with Crippen molar-refractivity contribution in [2.24, 2.45) is 0 Å². The molecular weight excluding hydrogens is 226 g/mol. The highest BCUT2D eigenvalue weighted by atomic mass is 35.5. The van der Waals surface area contributed by atoms with Gasteiger partial charge < -0.3 is 10.4 Å². The van der Waals surface area contributed by atoms with Gasteiger partial charge in [-0.3, -0.25) is 4.79 Å². The molecule has 0 heterocycles. The Bertz CT molecular complexity index is 366. The number of unbranched alkanes of at least 4 members (excludes halogenated alkanes) is 1. The number of anilines is 1. The molecule has 0 bridgehead atoms. The third kappa shape index (κ3) is 4.53. The molecule has 0 spiro atoms. The molecule has 0 saturated heterocycles. The zero-order valence-electron chi connectivity index (χ0n) is 9.29. The minimum Gasteiger partial charge on any atom is -0.481 e. The third-order valence-electron chi connectivity index (χ3n) is 2.33. The van der Waals surface area contributed by atoms with Crippen LogP contribution in [0.3, 0.4) is 0 Å². The first-order valence-corrected chi connectivity index (χ1v) is 5.69. The van der Waals surface area contributed by atoms with Crippen molar-refractivity contribution >= 4 is 23.3 Å². The number of aryl methyl sites for hydroxylation is 1. The molecule has 0 aromatic heterocycles. The zero-order valence-corrected chi connectivity index (χ0v) is 10.0. The third-order valence-corrected chi connectivity index (χ3v) is 2.57. The zero-order chi connectivity index (χ0) is 12.0. The van der Waals surface area contributed by atoms with Gasteiger partial charge in [0.05, 0.1) is 0 Å². The van der Waals surface area contributed by atoms with Gasteiger partial charge in [0.1, 0.15) is 0 Å². The molecule has 0 atom stereocenters. The predicted molar refractivity (Wildman–Crippen MR) is 66.2 cm³/mol. The lowest BCUT2D eigenvalue weighted by Gasteiger charge is -2.09.